The molecule has 3 rings (SSSR count). The molecule has 1 aromatic rings. The number of carbonyl (C=O) groups excluding carboxylic acids is 2. The van der Waals surface area contributed by atoms with E-state index in [2.05, 4.69) is 33.0 Å². The van der Waals surface area contributed by atoms with E-state index in [1.807, 2.05) is 29.2 Å². The number of aliphatic hydroxyl groups is 1. The van der Waals surface area contributed by atoms with Crippen LogP contribution in [0.2, 0.25) is 0 Å². The Labute approximate surface area is 218 Å². The van der Waals surface area contributed by atoms with Gasteiger partial charge in [-0.1, -0.05) is 90.8 Å². The fourth-order valence-electron chi connectivity index (χ4n) is 5.14. The molecule has 6 heteroatoms. The first-order valence-electron chi connectivity index (χ1n) is 14.4. The predicted octanol–water partition coefficient (Wildman–Crippen LogP) is 5.86. The molecular formula is C30H47N3O3. The molecule has 0 spiro atoms. The number of hydrogen-bond acceptors (Lipinski definition) is 4. The van der Waals surface area contributed by atoms with Gasteiger partial charge in [0.05, 0.1) is 17.7 Å². The number of fused-ring (bicyclic) bond motifs is 1. The number of carbonyl (C=O) groups is 2. The van der Waals surface area contributed by atoms with Crippen molar-refractivity contribution in [2.45, 2.75) is 111 Å². The number of hydrogen-bond donors (Lipinski definition) is 2. The van der Waals surface area contributed by atoms with Gasteiger partial charge in [0.15, 0.2) is 0 Å². The Kier molecular flexibility index (Phi) is 11.0. The molecule has 0 radical (unpaired) electrons. The number of rotatable bonds is 15. The second-order valence-corrected chi connectivity index (χ2v) is 10.7. The van der Waals surface area contributed by atoms with Crippen LogP contribution in [-0.4, -0.2) is 41.4 Å². The highest BCUT2D eigenvalue weighted by molar-refractivity contribution is 6.13. The fourth-order valence-corrected chi connectivity index (χ4v) is 5.14. The second kappa shape index (κ2) is 13.9. The van der Waals surface area contributed by atoms with Crippen LogP contribution in [0.4, 0.5) is 5.69 Å². The van der Waals surface area contributed by atoms with Crippen LogP contribution in [0, 0.1) is 17.8 Å². The largest absolute Gasteiger partial charge is 0.392 e. The van der Waals surface area contributed by atoms with Crippen LogP contribution in [0.1, 0.15) is 104 Å². The van der Waals surface area contributed by atoms with E-state index >= 15 is 0 Å². The molecule has 2 aliphatic rings. The van der Waals surface area contributed by atoms with Gasteiger partial charge in [0.1, 0.15) is 0 Å². The lowest BCUT2D eigenvalue weighted by Gasteiger charge is -2.30. The Morgan fingerprint density at radius 2 is 1.81 bits per heavy atom. The predicted molar refractivity (Wildman–Crippen MR) is 147 cm³/mol. The zero-order chi connectivity index (χ0) is 26.1. The number of benzodiazepines with no additional fused rings is 1. The fraction of sp³-hybridized carbons (Fsp3) is 0.700. The first kappa shape index (κ1) is 28.4. The lowest BCUT2D eigenvalue weighted by molar-refractivity contribution is -0.133. The maximum Gasteiger partial charge on any atom is 0.272 e. The summed E-state index contributed by atoms with van der Waals surface area (Å²) in [6.07, 6.45) is 8.45. The normalized spacial score (nSPS) is 19.5. The van der Waals surface area contributed by atoms with Gasteiger partial charge in [-0.25, -0.2) is 0 Å². The minimum absolute atomic E-state index is 0.178. The van der Waals surface area contributed by atoms with Crippen molar-refractivity contribution in [2.75, 3.05) is 11.4 Å². The molecule has 6 nitrogen and oxygen atoms in total. The molecule has 2 amide bonds. The third-order valence-corrected chi connectivity index (χ3v) is 7.87. The average Bonchev–Trinajstić information content (AvgIpc) is 3.72. The number of unbranched alkanes of at least 4 members (excludes halogenated alkanes) is 2. The lowest BCUT2D eigenvalue weighted by Crippen LogP contribution is -2.51. The van der Waals surface area contributed by atoms with Crippen molar-refractivity contribution in [1.82, 2.24) is 5.32 Å². The summed E-state index contributed by atoms with van der Waals surface area (Å²) in [6.45, 7) is 9.16. The molecule has 0 saturated heterocycles. The molecule has 36 heavy (non-hydrogen) atoms. The highest BCUT2D eigenvalue weighted by Gasteiger charge is 2.38. The van der Waals surface area contributed by atoms with Gasteiger partial charge < -0.3 is 15.3 Å². The summed E-state index contributed by atoms with van der Waals surface area (Å²) in [5.74, 6) is -0.0438. The molecule has 1 fully saturated rings. The SMILES string of the molecule is CCCCC1=N[C@@H](NC(=O)[C@H](CC2CC2)[C@@H](O)CCCC)C(=O)N(CC(CC)CC)c2ccccc21. The number of aliphatic hydroxyl groups excluding tert-OH is 1. The summed E-state index contributed by atoms with van der Waals surface area (Å²) >= 11 is 0. The van der Waals surface area contributed by atoms with E-state index in [4.69, 9.17) is 4.99 Å². The van der Waals surface area contributed by atoms with E-state index in [0.29, 0.717) is 31.2 Å². The van der Waals surface area contributed by atoms with Crippen molar-refractivity contribution in [3.05, 3.63) is 29.8 Å². The van der Waals surface area contributed by atoms with Gasteiger partial charge in [-0.15, -0.1) is 0 Å². The lowest BCUT2D eigenvalue weighted by atomic mass is 9.91. The van der Waals surface area contributed by atoms with Crippen molar-refractivity contribution in [1.29, 1.82) is 0 Å². The molecule has 200 valence electrons. The topological polar surface area (TPSA) is 82.0 Å². The summed E-state index contributed by atoms with van der Waals surface area (Å²) in [4.78, 5) is 34.3. The molecule has 0 bridgehead atoms. The molecule has 3 atom stereocenters. The summed E-state index contributed by atoms with van der Waals surface area (Å²) in [5.41, 5.74) is 2.75. The van der Waals surface area contributed by atoms with Crippen LogP contribution in [0.5, 0.6) is 0 Å². The Hall–Kier alpha value is -2.21. The monoisotopic (exact) mass is 497 g/mol. The molecule has 1 heterocycles. The highest BCUT2D eigenvalue weighted by Crippen LogP contribution is 2.37. The smallest absolute Gasteiger partial charge is 0.272 e. The van der Waals surface area contributed by atoms with Crippen LogP contribution in [0.25, 0.3) is 0 Å². The van der Waals surface area contributed by atoms with Crippen molar-refractivity contribution < 1.29 is 14.7 Å². The van der Waals surface area contributed by atoms with Crippen molar-refractivity contribution in [3.8, 4) is 0 Å². The van der Waals surface area contributed by atoms with E-state index in [9.17, 15) is 14.7 Å². The van der Waals surface area contributed by atoms with Gasteiger partial charge in [-0.05, 0) is 43.6 Å². The van der Waals surface area contributed by atoms with Gasteiger partial charge in [0.25, 0.3) is 5.91 Å². The number of benzene rings is 1. The molecule has 2 N–H and O–H groups in total. The Bertz CT molecular complexity index is 891. The quantitative estimate of drug-likeness (QED) is 0.318. The molecule has 0 unspecified atom stereocenters. The Morgan fingerprint density at radius 1 is 1.11 bits per heavy atom. The van der Waals surface area contributed by atoms with Crippen LogP contribution in [0.3, 0.4) is 0 Å². The van der Waals surface area contributed by atoms with Crippen molar-refractivity contribution in [3.63, 3.8) is 0 Å². The van der Waals surface area contributed by atoms with Crippen LogP contribution in [-0.2, 0) is 9.59 Å². The maximum atomic E-state index is 14.0. The minimum atomic E-state index is -0.966. The van der Waals surface area contributed by atoms with Gasteiger partial charge in [0.2, 0.25) is 12.1 Å². The summed E-state index contributed by atoms with van der Waals surface area (Å²) in [5, 5.41) is 13.9. The van der Waals surface area contributed by atoms with Crippen LogP contribution >= 0.6 is 0 Å². The first-order chi connectivity index (χ1) is 17.4. The molecular weight excluding hydrogens is 450 g/mol. The number of amides is 2. The standard InChI is InChI=1S/C30H47N3O3/c1-5-9-14-25-23-13-11-12-15-26(23)33(20-21(7-3)8-4)30(36)28(31-25)32-29(35)24(19-22-17-18-22)27(34)16-10-6-2/h11-13,15,21-22,24,27-28,34H,5-10,14,16-20H2,1-4H3,(H,32,35)/t24-,27+,28+/m1/s1. The zero-order valence-corrected chi connectivity index (χ0v) is 22.8. The minimum Gasteiger partial charge on any atom is -0.392 e. The third kappa shape index (κ3) is 7.41. The molecule has 1 saturated carbocycles. The summed E-state index contributed by atoms with van der Waals surface area (Å²) < 4.78 is 0. The molecule has 1 aliphatic heterocycles. The number of nitrogens with zero attached hydrogens (tertiary/aromatic N) is 2. The van der Waals surface area contributed by atoms with E-state index in [1.54, 1.807) is 0 Å². The Balaban J connectivity index is 1.93. The van der Waals surface area contributed by atoms with Gasteiger partial charge in [-0.3, -0.25) is 14.6 Å². The first-order valence-corrected chi connectivity index (χ1v) is 14.4. The summed E-state index contributed by atoms with van der Waals surface area (Å²) in [7, 11) is 0. The number of anilines is 1. The van der Waals surface area contributed by atoms with Crippen LogP contribution < -0.4 is 10.2 Å². The van der Waals surface area contributed by atoms with Crippen molar-refractivity contribution >= 4 is 23.2 Å². The van der Waals surface area contributed by atoms with Gasteiger partial charge >= 0.3 is 0 Å². The van der Waals surface area contributed by atoms with E-state index in [1.165, 1.54) is 0 Å². The number of nitrogens with one attached hydrogen (secondary N) is 1. The third-order valence-electron chi connectivity index (χ3n) is 7.87. The zero-order valence-electron chi connectivity index (χ0n) is 22.8. The van der Waals surface area contributed by atoms with E-state index in [0.717, 1.165) is 74.7 Å². The molecule has 0 aromatic heterocycles. The average molecular weight is 498 g/mol. The number of aliphatic imine (C=N–C) groups is 1. The van der Waals surface area contributed by atoms with Crippen molar-refractivity contribution in [2.24, 2.45) is 22.7 Å². The number of para-hydroxylation sites is 1. The van der Waals surface area contributed by atoms with Crippen LogP contribution in [0.15, 0.2) is 29.3 Å². The summed E-state index contributed by atoms with van der Waals surface area (Å²) in [6, 6.07) is 8.02. The second-order valence-electron chi connectivity index (χ2n) is 10.7. The maximum absolute atomic E-state index is 14.0. The van der Waals surface area contributed by atoms with Gasteiger partial charge in [-0.2, -0.15) is 0 Å². The molecule has 1 aliphatic carbocycles. The highest BCUT2D eigenvalue weighted by atomic mass is 16.3. The Morgan fingerprint density at radius 3 is 2.44 bits per heavy atom. The molecule has 1 aromatic carbocycles. The van der Waals surface area contributed by atoms with E-state index in [-0.39, 0.29) is 11.8 Å². The van der Waals surface area contributed by atoms with Gasteiger partial charge in [0, 0.05) is 17.8 Å². The van der Waals surface area contributed by atoms with E-state index < -0.39 is 18.2 Å².